The summed E-state index contributed by atoms with van der Waals surface area (Å²) in [5.41, 5.74) is -0.0533. The first kappa shape index (κ1) is 11.2. The van der Waals surface area contributed by atoms with Crippen LogP contribution in [0.15, 0.2) is 18.3 Å². The molecule has 0 unspecified atom stereocenters. The third-order valence-corrected chi connectivity index (χ3v) is 3.29. The summed E-state index contributed by atoms with van der Waals surface area (Å²) in [6.07, 6.45) is 5.52. The van der Waals surface area contributed by atoms with E-state index >= 15 is 0 Å². The van der Waals surface area contributed by atoms with Crippen LogP contribution in [0.5, 0.6) is 0 Å². The molecule has 0 aromatic carbocycles. The Morgan fingerprint density at radius 3 is 2.81 bits per heavy atom. The predicted octanol–water partition coefficient (Wildman–Crippen LogP) is 1.06. The van der Waals surface area contributed by atoms with Gasteiger partial charge in [-0.15, -0.1) is 0 Å². The predicted molar refractivity (Wildman–Crippen MR) is 61.2 cm³/mol. The van der Waals surface area contributed by atoms with Crippen molar-refractivity contribution in [2.45, 2.75) is 31.3 Å². The number of carbonyl (C=O) groups excluding carboxylic acids is 1. The molecule has 2 rings (SSSR count). The second-order valence-corrected chi connectivity index (χ2v) is 4.62. The minimum atomic E-state index is -0.680. The van der Waals surface area contributed by atoms with Crippen molar-refractivity contribution in [3.8, 4) is 0 Å². The van der Waals surface area contributed by atoms with Crippen molar-refractivity contribution in [2.75, 3.05) is 6.54 Å². The van der Waals surface area contributed by atoms with Crippen LogP contribution in [0, 0.1) is 0 Å². The van der Waals surface area contributed by atoms with Gasteiger partial charge in [0.1, 0.15) is 5.69 Å². The van der Waals surface area contributed by atoms with Crippen LogP contribution >= 0.6 is 0 Å². The van der Waals surface area contributed by atoms with Crippen molar-refractivity contribution in [1.82, 2.24) is 9.88 Å². The van der Waals surface area contributed by atoms with Crippen molar-refractivity contribution in [3.63, 3.8) is 0 Å². The van der Waals surface area contributed by atoms with Crippen LogP contribution in [0.25, 0.3) is 0 Å². The number of nitrogens with zero attached hydrogens (tertiary/aromatic N) is 1. The van der Waals surface area contributed by atoms with Crippen molar-refractivity contribution in [2.24, 2.45) is 7.05 Å². The highest BCUT2D eigenvalue weighted by Gasteiger charge is 2.31. The average molecular weight is 222 g/mol. The van der Waals surface area contributed by atoms with Crippen LogP contribution in [0.2, 0.25) is 0 Å². The molecule has 0 radical (unpaired) electrons. The van der Waals surface area contributed by atoms with Gasteiger partial charge in [-0.25, -0.2) is 0 Å². The van der Waals surface area contributed by atoms with Crippen LogP contribution < -0.4 is 5.32 Å². The third-order valence-electron chi connectivity index (χ3n) is 3.29. The summed E-state index contributed by atoms with van der Waals surface area (Å²) < 4.78 is 1.77. The highest BCUT2D eigenvalue weighted by atomic mass is 16.3. The number of hydrogen-bond donors (Lipinski definition) is 2. The van der Waals surface area contributed by atoms with Crippen LogP contribution in [-0.2, 0) is 7.05 Å². The van der Waals surface area contributed by atoms with Crippen LogP contribution in [0.1, 0.15) is 36.2 Å². The van der Waals surface area contributed by atoms with Gasteiger partial charge < -0.3 is 15.0 Å². The Hall–Kier alpha value is -1.29. The molecule has 16 heavy (non-hydrogen) atoms. The molecular weight excluding hydrogens is 204 g/mol. The van der Waals surface area contributed by atoms with E-state index in [0.717, 1.165) is 25.7 Å². The summed E-state index contributed by atoms with van der Waals surface area (Å²) in [5.74, 6) is -0.118. The van der Waals surface area contributed by atoms with Gasteiger partial charge in [0.25, 0.3) is 5.91 Å². The normalized spacial score (nSPS) is 18.6. The van der Waals surface area contributed by atoms with Crippen molar-refractivity contribution in [3.05, 3.63) is 24.0 Å². The molecule has 4 nitrogen and oxygen atoms in total. The van der Waals surface area contributed by atoms with Gasteiger partial charge in [-0.2, -0.15) is 0 Å². The molecule has 1 amide bonds. The number of nitrogens with one attached hydrogen (secondary N) is 1. The van der Waals surface area contributed by atoms with Crippen molar-refractivity contribution in [1.29, 1.82) is 0 Å². The first-order valence-corrected chi connectivity index (χ1v) is 5.73. The summed E-state index contributed by atoms with van der Waals surface area (Å²) in [7, 11) is 1.83. The quantitative estimate of drug-likeness (QED) is 0.803. The van der Waals surface area contributed by atoms with Crippen molar-refractivity contribution < 1.29 is 9.90 Å². The molecule has 88 valence electrons. The third kappa shape index (κ3) is 2.27. The summed E-state index contributed by atoms with van der Waals surface area (Å²) in [6, 6.07) is 3.60. The van der Waals surface area contributed by atoms with E-state index in [1.807, 2.05) is 19.3 Å². The molecule has 0 saturated heterocycles. The first-order valence-electron chi connectivity index (χ1n) is 5.73. The lowest BCUT2D eigenvalue weighted by atomic mass is 10.0. The summed E-state index contributed by atoms with van der Waals surface area (Å²) >= 11 is 0. The summed E-state index contributed by atoms with van der Waals surface area (Å²) in [4.78, 5) is 11.8. The highest BCUT2D eigenvalue weighted by molar-refractivity contribution is 5.92. The topological polar surface area (TPSA) is 54.3 Å². The van der Waals surface area contributed by atoms with Crippen molar-refractivity contribution >= 4 is 5.91 Å². The van der Waals surface area contributed by atoms with Crippen LogP contribution in [0.4, 0.5) is 0 Å². The van der Waals surface area contributed by atoms with Gasteiger partial charge in [0.05, 0.1) is 5.60 Å². The first-order chi connectivity index (χ1) is 7.61. The fraction of sp³-hybridized carbons (Fsp3) is 0.583. The molecule has 1 aromatic heterocycles. The van der Waals surface area contributed by atoms with Crippen LogP contribution in [-0.4, -0.2) is 27.7 Å². The monoisotopic (exact) mass is 222 g/mol. The maximum absolute atomic E-state index is 11.8. The van der Waals surface area contributed by atoms with E-state index in [1.165, 1.54) is 0 Å². The molecule has 1 aliphatic rings. The lowest BCUT2D eigenvalue weighted by Crippen LogP contribution is -2.41. The second kappa shape index (κ2) is 4.29. The van der Waals surface area contributed by atoms with E-state index < -0.39 is 5.60 Å². The van der Waals surface area contributed by atoms with E-state index in [-0.39, 0.29) is 5.91 Å². The maximum atomic E-state index is 11.8. The standard InChI is InChI=1S/C12H18N2O2/c1-14-8-4-5-10(14)11(15)13-9-12(16)6-2-3-7-12/h4-5,8,16H,2-3,6-7,9H2,1H3,(H,13,15). The Balaban J connectivity index is 1.91. The molecule has 0 atom stereocenters. The molecule has 1 aliphatic carbocycles. The number of aryl methyl sites for hydroxylation is 1. The molecule has 2 N–H and O–H groups in total. The molecule has 0 spiro atoms. The summed E-state index contributed by atoms with van der Waals surface area (Å²) in [6.45, 7) is 0.358. The fourth-order valence-corrected chi connectivity index (χ4v) is 2.24. The van der Waals surface area contributed by atoms with Gasteiger partial charge in [-0.3, -0.25) is 4.79 Å². The number of amides is 1. The number of rotatable bonds is 3. The molecule has 0 aliphatic heterocycles. The van der Waals surface area contributed by atoms with E-state index in [4.69, 9.17) is 0 Å². The van der Waals surface area contributed by atoms with Gasteiger partial charge in [0, 0.05) is 19.8 Å². The zero-order valence-electron chi connectivity index (χ0n) is 9.57. The van der Waals surface area contributed by atoms with E-state index in [1.54, 1.807) is 10.6 Å². The molecule has 4 heteroatoms. The SMILES string of the molecule is Cn1cccc1C(=O)NCC1(O)CCCC1. The Kier molecular flexibility index (Phi) is 3.01. The zero-order chi connectivity index (χ0) is 11.6. The van der Waals surface area contributed by atoms with Gasteiger partial charge >= 0.3 is 0 Å². The Bertz CT molecular complexity index is 378. The highest BCUT2D eigenvalue weighted by Crippen LogP contribution is 2.28. The Labute approximate surface area is 95.3 Å². The fourth-order valence-electron chi connectivity index (χ4n) is 2.24. The molecule has 1 aromatic rings. The molecule has 0 bridgehead atoms. The lowest BCUT2D eigenvalue weighted by Gasteiger charge is -2.22. The minimum Gasteiger partial charge on any atom is -0.388 e. The Morgan fingerprint density at radius 1 is 1.56 bits per heavy atom. The zero-order valence-corrected chi connectivity index (χ0v) is 9.57. The average Bonchev–Trinajstić information content (AvgIpc) is 2.85. The number of aliphatic hydroxyl groups is 1. The Morgan fingerprint density at radius 2 is 2.25 bits per heavy atom. The van der Waals surface area contributed by atoms with E-state index in [2.05, 4.69) is 5.32 Å². The van der Waals surface area contributed by atoms with Gasteiger partial charge in [-0.05, 0) is 25.0 Å². The van der Waals surface area contributed by atoms with Gasteiger partial charge in [-0.1, -0.05) is 12.8 Å². The molecule has 1 heterocycles. The number of hydrogen-bond acceptors (Lipinski definition) is 2. The number of carbonyl (C=O) groups is 1. The largest absolute Gasteiger partial charge is 0.388 e. The number of aromatic nitrogens is 1. The van der Waals surface area contributed by atoms with E-state index in [9.17, 15) is 9.90 Å². The smallest absolute Gasteiger partial charge is 0.267 e. The molecule has 1 saturated carbocycles. The molecule has 1 fully saturated rings. The lowest BCUT2D eigenvalue weighted by molar-refractivity contribution is 0.0448. The summed E-state index contributed by atoms with van der Waals surface area (Å²) in [5, 5.41) is 12.9. The van der Waals surface area contributed by atoms with Gasteiger partial charge in [0.2, 0.25) is 0 Å². The van der Waals surface area contributed by atoms with E-state index in [0.29, 0.717) is 12.2 Å². The minimum absolute atomic E-state index is 0.118. The molecular formula is C12H18N2O2. The maximum Gasteiger partial charge on any atom is 0.267 e. The van der Waals surface area contributed by atoms with Crippen LogP contribution in [0.3, 0.4) is 0 Å². The second-order valence-electron chi connectivity index (χ2n) is 4.62. The van der Waals surface area contributed by atoms with Gasteiger partial charge in [0.15, 0.2) is 0 Å².